The third kappa shape index (κ3) is 2.12. The lowest BCUT2D eigenvalue weighted by molar-refractivity contribution is -0.0330. The molecule has 0 atom stereocenters. The first-order valence-corrected chi connectivity index (χ1v) is 6.01. The highest BCUT2D eigenvalue weighted by Crippen LogP contribution is 2.39. The van der Waals surface area contributed by atoms with Gasteiger partial charge in [0.05, 0.1) is 0 Å². The highest BCUT2D eigenvalue weighted by atomic mass is 15.2. The van der Waals surface area contributed by atoms with E-state index < -0.39 is 0 Å². The van der Waals surface area contributed by atoms with Crippen LogP contribution in [0.5, 0.6) is 0 Å². The van der Waals surface area contributed by atoms with Gasteiger partial charge >= 0.3 is 0 Å². The molecule has 1 spiro atoms. The first-order chi connectivity index (χ1) is 6.60. The van der Waals surface area contributed by atoms with Crippen LogP contribution in [0.3, 0.4) is 0 Å². The van der Waals surface area contributed by atoms with E-state index in [0.29, 0.717) is 0 Å². The van der Waals surface area contributed by atoms with Crippen LogP contribution in [0.15, 0.2) is 0 Å². The molecule has 2 aliphatic heterocycles. The smallest absolute Gasteiger partial charge is 0.00484 e. The molecule has 0 bridgehead atoms. The van der Waals surface area contributed by atoms with E-state index >= 15 is 0 Å². The summed E-state index contributed by atoms with van der Waals surface area (Å²) in [5.41, 5.74) is 0.724. The maximum absolute atomic E-state index is 2.65. The second-order valence-electron chi connectivity index (χ2n) is 5.87. The standard InChI is InChI=1S/C12H24N2/c1-11(2)8-14-6-4-12(5-7-14)9-13(3)10-12/h11H,4-10H2,1-3H3. The molecular formula is C12H24N2. The second-order valence-corrected chi connectivity index (χ2v) is 5.87. The Morgan fingerprint density at radius 1 is 1.14 bits per heavy atom. The summed E-state index contributed by atoms with van der Waals surface area (Å²) in [4.78, 5) is 5.10. The van der Waals surface area contributed by atoms with Crippen molar-refractivity contribution in [3.8, 4) is 0 Å². The second kappa shape index (κ2) is 3.82. The van der Waals surface area contributed by atoms with Crippen LogP contribution in [0, 0.1) is 11.3 Å². The molecule has 2 saturated heterocycles. The number of hydrogen-bond acceptors (Lipinski definition) is 2. The summed E-state index contributed by atoms with van der Waals surface area (Å²) < 4.78 is 0. The van der Waals surface area contributed by atoms with Crippen molar-refractivity contribution in [2.24, 2.45) is 11.3 Å². The minimum Gasteiger partial charge on any atom is -0.305 e. The fourth-order valence-electron chi connectivity index (χ4n) is 3.14. The predicted molar refractivity (Wildman–Crippen MR) is 60.4 cm³/mol. The highest BCUT2D eigenvalue weighted by molar-refractivity contribution is 4.96. The Hall–Kier alpha value is -0.0800. The predicted octanol–water partition coefficient (Wildman–Crippen LogP) is 1.67. The number of likely N-dealkylation sites (tertiary alicyclic amines) is 2. The molecule has 0 saturated carbocycles. The Labute approximate surface area is 88.3 Å². The van der Waals surface area contributed by atoms with Gasteiger partial charge in [-0.1, -0.05) is 13.8 Å². The Balaban J connectivity index is 1.75. The molecule has 2 fully saturated rings. The van der Waals surface area contributed by atoms with Crippen molar-refractivity contribution in [2.75, 3.05) is 39.8 Å². The summed E-state index contributed by atoms with van der Waals surface area (Å²) >= 11 is 0. The first-order valence-electron chi connectivity index (χ1n) is 6.01. The molecule has 0 N–H and O–H groups in total. The topological polar surface area (TPSA) is 6.48 Å². The van der Waals surface area contributed by atoms with Crippen LogP contribution in [0.2, 0.25) is 0 Å². The van der Waals surface area contributed by atoms with Gasteiger partial charge in [0.1, 0.15) is 0 Å². The van der Waals surface area contributed by atoms with Gasteiger partial charge in [-0.25, -0.2) is 0 Å². The van der Waals surface area contributed by atoms with Crippen LogP contribution in [0.4, 0.5) is 0 Å². The largest absolute Gasteiger partial charge is 0.305 e. The molecule has 2 heterocycles. The molecule has 0 aromatic carbocycles. The van der Waals surface area contributed by atoms with Crippen LogP contribution in [-0.2, 0) is 0 Å². The van der Waals surface area contributed by atoms with E-state index in [1.54, 1.807) is 0 Å². The molecule has 0 unspecified atom stereocenters. The first kappa shape index (κ1) is 10.4. The number of rotatable bonds is 2. The summed E-state index contributed by atoms with van der Waals surface area (Å²) in [5.74, 6) is 0.827. The lowest BCUT2D eigenvalue weighted by atomic mass is 9.72. The lowest BCUT2D eigenvalue weighted by Crippen LogP contribution is -2.58. The van der Waals surface area contributed by atoms with Crippen molar-refractivity contribution in [1.82, 2.24) is 9.80 Å². The minimum absolute atomic E-state index is 0.724. The molecule has 2 rings (SSSR count). The van der Waals surface area contributed by atoms with Gasteiger partial charge in [0, 0.05) is 19.6 Å². The van der Waals surface area contributed by atoms with Crippen LogP contribution >= 0.6 is 0 Å². The van der Waals surface area contributed by atoms with Gasteiger partial charge in [-0.05, 0) is 44.3 Å². The normalized spacial score (nSPS) is 28.3. The van der Waals surface area contributed by atoms with Crippen molar-refractivity contribution >= 4 is 0 Å². The van der Waals surface area contributed by atoms with Crippen molar-refractivity contribution in [1.29, 1.82) is 0 Å². The zero-order chi connectivity index (χ0) is 10.2. The Morgan fingerprint density at radius 2 is 1.71 bits per heavy atom. The third-order valence-corrected chi connectivity index (χ3v) is 3.75. The lowest BCUT2D eigenvalue weighted by Gasteiger charge is -2.53. The summed E-state index contributed by atoms with van der Waals surface area (Å²) in [6.45, 7) is 11.3. The molecular weight excluding hydrogens is 172 g/mol. The zero-order valence-corrected chi connectivity index (χ0v) is 9.92. The van der Waals surface area contributed by atoms with Gasteiger partial charge in [-0.2, -0.15) is 0 Å². The molecule has 2 aliphatic rings. The van der Waals surface area contributed by atoms with E-state index in [1.165, 1.54) is 45.6 Å². The average Bonchev–Trinajstić information content (AvgIpc) is 2.05. The monoisotopic (exact) mass is 196 g/mol. The summed E-state index contributed by atoms with van der Waals surface area (Å²) in [6, 6.07) is 0. The van der Waals surface area contributed by atoms with Crippen LogP contribution < -0.4 is 0 Å². The zero-order valence-electron chi connectivity index (χ0n) is 9.92. The quantitative estimate of drug-likeness (QED) is 0.663. The van der Waals surface area contributed by atoms with E-state index in [2.05, 4.69) is 30.7 Å². The van der Waals surface area contributed by atoms with Gasteiger partial charge in [0.2, 0.25) is 0 Å². The fourth-order valence-corrected chi connectivity index (χ4v) is 3.14. The van der Waals surface area contributed by atoms with Crippen LogP contribution in [-0.4, -0.2) is 49.6 Å². The molecule has 14 heavy (non-hydrogen) atoms. The summed E-state index contributed by atoms with van der Waals surface area (Å²) in [7, 11) is 2.24. The molecule has 0 amide bonds. The Morgan fingerprint density at radius 3 is 2.14 bits per heavy atom. The van der Waals surface area contributed by atoms with Gasteiger partial charge in [0.15, 0.2) is 0 Å². The van der Waals surface area contributed by atoms with Crippen molar-refractivity contribution in [3.05, 3.63) is 0 Å². The molecule has 0 aromatic rings. The molecule has 2 nitrogen and oxygen atoms in total. The fraction of sp³-hybridized carbons (Fsp3) is 1.00. The maximum Gasteiger partial charge on any atom is 0.00484 e. The maximum atomic E-state index is 2.65. The third-order valence-electron chi connectivity index (χ3n) is 3.75. The van der Waals surface area contributed by atoms with Crippen LogP contribution in [0.1, 0.15) is 26.7 Å². The van der Waals surface area contributed by atoms with Gasteiger partial charge in [0.25, 0.3) is 0 Å². The summed E-state index contributed by atoms with van der Waals surface area (Å²) in [6.07, 6.45) is 2.87. The number of nitrogens with zero attached hydrogens (tertiary/aromatic N) is 2. The minimum atomic E-state index is 0.724. The number of hydrogen-bond donors (Lipinski definition) is 0. The van der Waals surface area contributed by atoms with E-state index in [0.717, 1.165) is 11.3 Å². The highest BCUT2D eigenvalue weighted by Gasteiger charge is 2.42. The van der Waals surface area contributed by atoms with E-state index in [9.17, 15) is 0 Å². The van der Waals surface area contributed by atoms with Gasteiger partial charge in [-0.15, -0.1) is 0 Å². The van der Waals surface area contributed by atoms with Gasteiger partial charge < -0.3 is 9.80 Å². The molecule has 0 radical (unpaired) electrons. The van der Waals surface area contributed by atoms with Crippen molar-refractivity contribution in [2.45, 2.75) is 26.7 Å². The van der Waals surface area contributed by atoms with Crippen molar-refractivity contribution in [3.63, 3.8) is 0 Å². The SMILES string of the molecule is CC(C)CN1CCC2(CC1)CN(C)C2. The van der Waals surface area contributed by atoms with E-state index in [4.69, 9.17) is 0 Å². The molecule has 0 aromatic heterocycles. The van der Waals surface area contributed by atoms with Gasteiger partial charge in [-0.3, -0.25) is 0 Å². The molecule has 82 valence electrons. The summed E-state index contributed by atoms with van der Waals surface area (Å²) in [5, 5.41) is 0. The van der Waals surface area contributed by atoms with E-state index in [1.807, 2.05) is 0 Å². The molecule has 0 aliphatic carbocycles. The molecule has 2 heteroatoms. The Kier molecular flexibility index (Phi) is 2.85. The van der Waals surface area contributed by atoms with E-state index in [-0.39, 0.29) is 0 Å². The average molecular weight is 196 g/mol. The van der Waals surface area contributed by atoms with Crippen LogP contribution in [0.25, 0.3) is 0 Å². The Bertz CT molecular complexity index is 184. The van der Waals surface area contributed by atoms with Crippen molar-refractivity contribution < 1.29 is 0 Å². The number of piperidine rings is 1.